The first-order valence-corrected chi connectivity index (χ1v) is 6.72. The Bertz CT molecular complexity index is 449. The van der Waals surface area contributed by atoms with E-state index in [0.717, 1.165) is 12.8 Å². The van der Waals surface area contributed by atoms with Crippen molar-refractivity contribution in [2.75, 3.05) is 18.4 Å². The van der Waals surface area contributed by atoms with Gasteiger partial charge in [-0.3, -0.25) is 9.59 Å². The van der Waals surface area contributed by atoms with Gasteiger partial charge in [-0.05, 0) is 18.6 Å². The molecular formula is C14H19ClN2O2. The summed E-state index contributed by atoms with van der Waals surface area (Å²) in [5.41, 5.74) is 0.563. The molecule has 5 heteroatoms. The predicted octanol–water partition coefficient (Wildman–Crippen LogP) is 2.93. The lowest BCUT2D eigenvalue weighted by Gasteiger charge is -2.20. The van der Waals surface area contributed by atoms with Gasteiger partial charge in [0.05, 0.1) is 17.3 Å². The first-order valence-electron chi connectivity index (χ1n) is 6.34. The van der Waals surface area contributed by atoms with Crippen molar-refractivity contribution in [3.63, 3.8) is 0 Å². The number of halogens is 1. The van der Waals surface area contributed by atoms with Gasteiger partial charge < -0.3 is 10.2 Å². The zero-order valence-corrected chi connectivity index (χ0v) is 12.0. The Balaban J connectivity index is 2.58. The van der Waals surface area contributed by atoms with Crippen molar-refractivity contribution in [1.82, 2.24) is 4.90 Å². The van der Waals surface area contributed by atoms with E-state index < -0.39 is 0 Å². The van der Waals surface area contributed by atoms with Crippen LogP contribution in [0.5, 0.6) is 0 Å². The molecule has 19 heavy (non-hydrogen) atoms. The second-order valence-electron chi connectivity index (χ2n) is 4.32. The van der Waals surface area contributed by atoms with E-state index in [0.29, 0.717) is 17.3 Å². The number of rotatable bonds is 6. The second-order valence-corrected chi connectivity index (χ2v) is 4.73. The van der Waals surface area contributed by atoms with Crippen molar-refractivity contribution < 1.29 is 9.59 Å². The molecule has 0 heterocycles. The van der Waals surface area contributed by atoms with Crippen LogP contribution in [0, 0.1) is 0 Å². The number of carbonyl (C=O) groups excluding carboxylic acids is 2. The van der Waals surface area contributed by atoms with Gasteiger partial charge in [-0.2, -0.15) is 0 Å². The third-order valence-electron chi connectivity index (χ3n) is 2.71. The lowest BCUT2D eigenvalue weighted by molar-refractivity contribution is -0.132. The van der Waals surface area contributed by atoms with Gasteiger partial charge in [-0.15, -0.1) is 0 Å². The maximum atomic E-state index is 11.9. The number of hydrogen-bond donors (Lipinski definition) is 1. The Morgan fingerprint density at radius 2 is 2.00 bits per heavy atom. The number of para-hydroxylation sites is 1. The number of unbranched alkanes of at least 4 members (excludes halogenated alkanes) is 1. The van der Waals surface area contributed by atoms with Gasteiger partial charge in [0.25, 0.3) is 0 Å². The SMILES string of the molecule is CCCCN(CC(=O)Nc1ccccc1Cl)C(C)=O. The summed E-state index contributed by atoms with van der Waals surface area (Å²) in [6.07, 6.45) is 1.87. The molecule has 1 aromatic rings. The van der Waals surface area contributed by atoms with Crippen LogP contribution in [0.25, 0.3) is 0 Å². The molecule has 0 radical (unpaired) electrons. The summed E-state index contributed by atoms with van der Waals surface area (Å²) < 4.78 is 0. The highest BCUT2D eigenvalue weighted by atomic mass is 35.5. The Kier molecular flexibility index (Phi) is 6.36. The zero-order valence-electron chi connectivity index (χ0n) is 11.3. The standard InChI is InChI=1S/C14H19ClN2O2/c1-3-4-9-17(11(2)18)10-14(19)16-13-8-6-5-7-12(13)15/h5-8H,3-4,9-10H2,1-2H3,(H,16,19). The van der Waals surface area contributed by atoms with Gasteiger partial charge in [0, 0.05) is 13.5 Å². The molecule has 0 unspecified atom stereocenters. The molecule has 0 spiro atoms. The van der Waals surface area contributed by atoms with Gasteiger partial charge in [-0.1, -0.05) is 37.1 Å². The maximum absolute atomic E-state index is 11.9. The van der Waals surface area contributed by atoms with Crippen LogP contribution in [-0.2, 0) is 9.59 Å². The quantitative estimate of drug-likeness (QED) is 0.872. The third kappa shape index (κ3) is 5.30. The highest BCUT2D eigenvalue weighted by Crippen LogP contribution is 2.20. The van der Waals surface area contributed by atoms with Crippen molar-refractivity contribution in [1.29, 1.82) is 0 Å². The molecule has 1 N–H and O–H groups in total. The number of carbonyl (C=O) groups is 2. The fourth-order valence-electron chi connectivity index (χ4n) is 1.62. The molecule has 0 atom stereocenters. The number of nitrogens with zero attached hydrogens (tertiary/aromatic N) is 1. The number of anilines is 1. The number of hydrogen-bond acceptors (Lipinski definition) is 2. The Labute approximate surface area is 118 Å². The van der Waals surface area contributed by atoms with Crippen LogP contribution in [0.3, 0.4) is 0 Å². The average molecular weight is 283 g/mol. The molecule has 0 saturated heterocycles. The molecule has 1 aromatic carbocycles. The highest BCUT2D eigenvalue weighted by Gasteiger charge is 2.13. The van der Waals surface area contributed by atoms with Crippen LogP contribution in [0.1, 0.15) is 26.7 Å². The Morgan fingerprint density at radius 1 is 1.32 bits per heavy atom. The second kappa shape index (κ2) is 7.79. The minimum Gasteiger partial charge on any atom is -0.334 e. The lowest BCUT2D eigenvalue weighted by atomic mass is 10.3. The van der Waals surface area contributed by atoms with Crippen LogP contribution in [0.2, 0.25) is 5.02 Å². The number of nitrogens with one attached hydrogen (secondary N) is 1. The molecule has 0 saturated carbocycles. The Hall–Kier alpha value is -1.55. The van der Waals surface area contributed by atoms with Crippen LogP contribution in [0.4, 0.5) is 5.69 Å². The van der Waals surface area contributed by atoms with E-state index in [2.05, 4.69) is 5.32 Å². The average Bonchev–Trinajstić information content (AvgIpc) is 2.37. The molecule has 4 nitrogen and oxygen atoms in total. The summed E-state index contributed by atoms with van der Waals surface area (Å²) in [5.74, 6) is -0.331. The monoisotopic (exact) mass is 282 g/mol. The predicted molar refractivity (Wildman–Crippen MR) is 77.2 cm³/mol. The molecule has 0 aliphatic heterocycles. The van der Waals surface area contributed by atoms with Gasteiger partial charge in [-0.25, -0.2) is 0 Å². The van der Waals surface area contributed by atoms with Gasteiger partial charge in [0.15, 0.2) is 0 Å². The number of amides is 2. The largest absolute Gasteiger partial charge is 0.334 e. The fourth-order valence-corrected chi connectivity index (χ4v) is 1.81. The van der Waals surface area contributed by atoms with E-state index >= 15 is 0 Å². The summed E-state index contributed by atoms with van der Waals surface area (Å²) in [4.78, 5) is 24.8. The number of benzene rings is 1. The molecule has 1 rings (SSSR count). The van der Waals surface area contributed by atoms with E-state index in [4.69, 9.17) is 11.6 Å². The van der Waals surface area contributed by atoms with Crippen molar-refractivity contribution >= 4 is 29.1 Å². The smallest absolute Gasteiger partial charge is 0.244 e. The van der Waals surface area contributed by atoms with Crippen LogP contribution >= 0.6 is 11.6 Å². The Morgan fingerprint density at radius 3 is 2.58 bits per heavy atom. The first kappa shape index (κ1) is 15.5. The minimum atomic E-state index is -0.237. The van der Waals surface area contributed by atoms with Crippen molar-refractivity contribution in [3.05, 3.63) is 29.3 Å². The summed E-state index contributed by atoms with van der Waals surface area (Å²) in [6.45, 7) is 4.17. The van der Waals surface area contributed by atoms with Crippen LogP contribution in [-0.4, -0.2) is 29.8 Å². The van der Waals surface area contributed by atoms with Crippen molar-refractivity contribution in [2.24, 2.45) is 0 Å². The molecule has 0 fully saturated rings. The van der Waals surface area contributed by atoms with Crippen molar-refractivity contribution in [2.45, 2.75) is 26.7 Å². The fraction of sp³-hybridized carbons (Fsp3) is 0.429. The summed E-state index contributed by atoms with van der Waals surface area (Å²) in [5, 5.41) is 3.19. The molecule has 104 valence electrons. The first-order chi connectivity index (χ1) is 9.04. The van der Waals surface area contributed by atoms with Crippen LogP contribution < -0.4 is 5.32 Å². The summed E-state index contributed by atoms with van der Waals surface area (Å²) in [7, 11) is 0. The highest BCUT2D eigenvalue weighted by molar-refractivity contribution is 6.33. The molecule has 0 aliphatic rings. The third-order valence-corrected chi connectivity index (χ3v) is 3.04. The molecule has 0 aliphatic carbocycles. The zero-order chi connectivity index (χ0) is 14.3. The maximum Gasteiger partial charge on any atom is 0.244 e. The van der Waals surface area contributed by atoms with Gasteiger partial charge in [0.1, 0.15) is 0 Å². The van der Waals surface area contributed by atoms with E-state index in [9.17, 15) is 9.59 Å². The van der Waals surface area contributed by atoms with Crippen molar-refractivity contribution in [3.8, 4) is 0 Å². The summed E-state index contributed by atoms with van der Waals surface area (Å²) >= 11 is 5.96. The molecule has 2 amide bonds. The molecule has 0 aromatic heterocycles. The lowest BCUT2D eigenvalue weighted by Crippen LogP contribution is -2.37. The molecule has 0 bridgehead atoms. The normalized spacial score (nSPS) is 10.1. The van der Waals surface area contributed by atoms with Gasteiger partial charge >= 0.3 is 0 Å². The summed E-state index contributed by atoms with van der Waals surface area (Å²) in [6, 6.07) is 7.02. The van der Waals surface area contributed by atoms with Gasteiger partial charge in [0.2, 0.25) is 11.8 Å². The van der Waals surface area contributed by atoms with E-state index in [1.165, 1.54) is 11.8 Å². The van der Waals surface area contributed by atoms with E-state index in [-0.39, 0.29) is 18.4 Å². The van der Waals surface area contributed by atoms with Crippen LogP contribution in [0.15, 0.2) is 24.3 Å². The molecular weight excluding hydrogens is 264 g/mol. The van der Waals surface area contributed by atoms with E-state index in [1.54, 1.807) is 24.3 Å². The van der Waals surface area contributed by atoms with E-state index in [1.807, 2.05) is 6.92 Å². The minimum absolute atomic E-state index is 0.0561. The topological polar surface area (TPSA) is 49.4 Å².